The molecule has 1 N–H and O–H groups in total. The smallest absolute Gasteiger partial charge is 0.123 e. The minimum absolute atomic E-state index is 0.0505. The third-order valence-corrected chi connectivity index (χ3v) is 4.67. The minimum atomic E-state index is 0.0505. The Morgan fingerprint density at radius 2 is 2.05 bits per heavy atom. The van der Waals surface area contributed by atoms with Crippen LogP contribution in [-0.2, 0) is 16.0 Å². The van der Waals surface area contributed by atoms with Crippen molar-refractivity contribution in [3.05, 3.63) is 29.8 Å². The molecule has 0 bridgehead atoms. The van der Waals surface area contributed by atoms with E-state index in [2.05, 4.69) is 17.4 Å². The van der Waals surface area contributed by atoms with Crippen LogP contribution in [0.15, 0.2) is 24.3 Å². The number of benzene rings is 1. The van der Waals surface area contributed by atoms with E-state index < -0.39 is 0 Å². The Bertz CT molecular complexity index is 452. The first kappa shape index (κ1) is 14.8. The first-order valence-electron chi connectivity index (χ1n) is 7.88. The summed E-state index contributed by atoms with van der Waals surface area (Å²) in [6.07, 6.45) is 4.23. The summed E-state index contributed by atoms with van der Waals surface area (Å²) in [5, 5.41) is 3.68. The fourth-order valence-corrected chi connectivity index (χ4v) is 3.40. The number of methoxy groups -OCH3 is 1. The molecule has 1 aromatic rings. The van der Waals surface area contributed by atoms with Crippen molar-refractivity contribution in [3.63, 3.8) is 0 Å². The molecule has 2 aliphatic heterocycles. The van der Waals surface area contributed by atoms with E-state index in [9.17, 15) is 0 Å². The van der Waals surface area contributed by atoms with Crippen molar-refractivity contribution in [3.8, 4) is 5.75 Å². The molecule has 0 unspecified atom stereocenters. The van der Waals surface area contributed by atoms with Crippen molar-refractivity contribution in [2.75, 3.05) is 26.9 Å². The second kappa shape index (κ2) is 6.77. The van der Waals surface area contributed by atoms with E-state index in [1.165, 1.54) is 5.56 Å². The average Bonchev–Trinajstić information content (AvgIpc) is 2.54. The Labute approximate surface area is 126 Å². The first-order valence-corrected chi connectivity index (χ1v) is 7.88. The molecule has 4 nitrogen and oxygen atoms in total. The zero-order valence-electron chi connectivity index (χ0n) is 12.8. The summed E-state index contributed by atoms with van der Waals surface area (Å²) in [4.78, 5) is 0. The molecule has 0 aliphatic carbocycles. The molecule has 0 saturated carbocycles. The number of hydrogen-bond acceptors (Lipinski definition) is 4. The zero-order chi connectivity index (χ0) is 14.5. The highest BCUT2D eigenvalue weighted by Gasteiger charge is 2.38. The van der Waals surface area contributed by atoms with Crippen LogP contribution in [0.3, 0.4) is 0 Å². The molecule has 2 saturated heterocycles. The van der Waals surface area contributed by atoms with Gasteiger partial charge in [-0.05, 0) is 31.7 Å². The van der Waals surface area contributed by atoms with E-state index in [1.54, 1.807) is 7.11 Å². The highest BCUT2D eigenvalue weighted by atomic mass is 16.5. The summed E-state index contributed by atoms with van der Waals surface area (Å²) >= 11 is 0. The number of para-hydroxylation sites is 1. The van der Waals surface area contributed by atoms with Gasteiger partial charge in [-0.15, -0.1) is 0 Å². The largest absolute Gasteiger partial charge is 0.496 e. The summed E-state index contributed by atoms with van der Waals surface area (Å²) in [5.41, 5.74) is 1.27. The van der Waals surface area contributed by atoms with E-state index in [0.717, 1.165) is 57.8 Å². The van der Waals surface area contributed by atoms with Gasteiger partial charge in [-0.3, -0.25) is 0 Å². The number of ether oxygens (including phenoxy) is 3. The molecular weight excluding hydrogens is 266 g/mol. The van der Waals surface area contributed by atoms with Gasteiger partial charge in [-0.25, -0.2) is 0 Å². The van der Waals surface area contributed by atoms with Crippen LogP contribution in [0.4, 0.5) is 0 Å². The highest BCUT2D eigenvalue weighted by molar-refractivity contribution is 5.33. The van der Waals surface area contributed by atoms with Crippen molar-refractivity contribution < 1.29 is 14.2 Å². The molecule has 2 heterocycles. The molecule has 3 rings (SSSR count). The topological polar surface area (TPSA) is 39.7 Å². The van der Waals surface area contributed by atoms with E-state index in [-0.39, 0.29) is 5.60 Å². The third kappa shape index (κ3) is 3.57. The van der Waals surface area contributed by atoms with Gasteiger partial charge in [0, 0.05) is 38.0 Å². The maximum absolute atomic E-state index is 6.09. The van der Waals surface area contributed by atoms with Gasteiger partial charge in [0.1, 0.15) is 5.75 Å². The van der Waals surface area contributed by atoms with Gasteiger partial charge in [-0.1, -0.05) is 18.2 Å². The molecule has 0 aromatic heterocycles. The van der Waals surface area contributed by atoms with Crippen molar-refractivity contribution in [2.24, 2.45) is 0 Å². The molecular formula is C17H25NO3. The number of nitrogens with one attached hydrogen (secondary N) is 1. The first-order chi connectivity index (χ1) is 10.3. The van der Waals surface area contributed by atoms with Crippen LogP contribution in [0.2, 0.25) is 0 Å². The molecule has 1 spiro atoms. The highest BCUT2D eigenvalue weighted by Crippen LogP contribution is 2.34. The second-order valence-electron chi connectivity index (χ2n) is 6.03. The number of hydrogen-bond donors (Lipinski definition) is 1. The quantitative estimate of drug-likeness (QED) is 0.925. The monoisotopic (exact) mass is 291 g/mol. The van der Waals surface area contributed by atoms with Gasteiger partial charge in [0.05, 0.1) is 12.7 Å². The molecule has 0 amide bonds. The molecule has 21 heavy (non-hydrogen) atoms. The Hall–Kier alpha value is -1.10. The second-order valence-corrected chi connectivity index (χ2v) is 6.03. The zero-order valence-corrected chi connectivity index (χ0v) is 12.8. The van der Waals surface area contributed by atoms with Crippen LogP contribution >= 0.6 is 0 Å². The van der Waals surface area contributed by atoms with E-state index in [0.29, 0.717) is 6.04 Å². The average molecular weight is 291 g/mol. The lowest BCUT2D eigenvalue weighted by Gasteiger charge is -2.43. The van der Waals surface area contributed by atoms with Crippen LogP contribution in [0.1, 0.15) is 31.2 Å². The van der Waals surface area contributed by atoms with Gasteiger partial charge in [-0.2, -0.15) is 0 Å². The predicted molar refractivity (Wildman–Crippen MR) is 81.6 cm³/mol. The summed E-state index contributed by atoms with van der Waals surface area (Å²) in [6, 6.07) is 8.72. The van der Waals surface area contributed by atoms with Gasteiger partial charge < -0.3 is 19.5 Å². The van der Waals surface area contributed by atoms with E-state index >= 15 is 0 Å². The maximum atomic E-state index is 6.09. The van der Waals surface area contributed by atoms with Crippen LogP contribution in [0, 0.1) is 0 Å². The van der Waals surface area contributed by atoms with Crippen molar-refractivity contribution in [2.45, 2.75) is 43.9 Å². The maximum Gasteiger partial charge on any atom is 0.123 e. The summed E-state index contributed by atoms with van der Waals surface area (Å²) in [6.45, 7) is 3.36. The lowest BCUT2D eigenvalue weighted by molar-refractivity contribution is -0.140. The van der Waals surface area contributed by atoms with Crippen LogP contribution < -0.4 is 10.1 Å². The Morgan fingerprint density at radius 3 is 2.86 bits per heavy atom. The lowest BCUT2D eigenvalue weighted by Crippen LogP contribution is -2.49. The molecule has 116 valence electrons. The number of rotatable bonds is 4. The molecule has 1 aromatic carbocycles. The fourth-order valence-electron chi connectivity index (χ4n) is 3.40. The SMILES string of the molecule is COc1ccccc1CN[C@@H]1CCOC2(CCOCC2)C1. The summed E-state index contributed by atoms with van der Waals surface area (Å²) < 4.78 is 17.0. The minimum Gasteiger partial charge on any atom is -0.496 e. The Morgan fingerprint density at radius 1 is 1.24 bits per heavy atom. The molecule has 0 radical (unpaired) electrons. The van der Waals surface area contributed by atoms with Gasteiger partial charge >= 0.3 is 0 Å². The fraction of sp³-hybridized carbons (Fsp3) is 0.647. The van der Waals surface area contributed by atoms with E-state index in [4.69, 9.17) is 14.2 Å². The normalized spacial score (nSPS) is 24.9. The Kier molecular flexibility index (Phi) is 4.78. The van der Waals surface area contributed by atoms with Crippen molar-refractivity contribution >= 4 is 0 Å². The van der Waals surface area contributed by atoms with Crippen LogP contribution in [0.25, 0.3) is 0 Å². The van der Waals surface area contributed by atoms with Crippen molar-refractivity contribution in [1.82, 2.24) is 5.32 Å². The van der Waals surface area contributed by atoms with E-state index in [1.807, 2.05) is 12.1 Å². The lowest BCUT2D eigenvalue weighted by atomic mass is 9.84. The molecule has 2 fully saturated rings. The van der Waals surface area contributed by atoms with Gasteiger partial charge in [0.15, 0.2) is 0 Å². The summed E-state index contributed by atoms with van der Waals surface area (Å²) in [5.74, 6) is 0.956. The summed E-state index contributed by atoms with van der Waals surface area (Å²) in [7, 11) is 1.73. The van der Waals surface area contributed by atoms with Gasteiger partial charge in [0.25, 0.3) is 0 Å². The van der Waals surface area contributed by atoms with Gasteiger partial charge in [0.2, 0.25) is 0 Å². The predicted octanol–water partition coefficient (Wildman–Crippen LogP) is 2.51. The van der Waals surface area contributed by atoms with Crippen LogP contribution in [-0.4, -0.2) is 38.6 Å². The molecule has 2 aliphatic rings. The molecule has 4 heteroatoms. The standard InChI is InChI=1S/C17H25NO3/c1-19-16-5-3-2-4-14(16)13-18-15-6-9-21-17(12-15)7-10-20-11-8-17/h2-5,15,18H,6-13H2,1H3/t15-/m1/s1. The van der Waals surface area contributed by atoms with Crippen LogP contribution in [0.5, 0.6) is 5.75 Å². The Balaban J connectivity index is 1.57. The van der Waals surface area contributed by atoms with Crippen molar-refractivity contribution in [1.29, 1.82) is 0 Å². The third-order valence-electron chi connectivity index (χ3n) is 4.67. The molecule has 1 atom stereocenters.